The summed E-state index contributed by atoms with van der Waals surface area (Å²) in [5, 5.41) is 8.20. The van der Waals surface area contributed by atoms with Crippen LogP contribution >= 0.6 is 0 Å². The Morgan fingerprint density at radius 3 is 3.00 bits per heavy atom. The van der Waals surface area contributed by atoms with Gasteiger partial charge < -0.3 is 5.11 Å². The van der Waals surface area contributed by atoms with Crippen LogP contribution in [0.25, 0.3) is 0 Å². The first kappa shape index (κ1) is 8.48. The minimum absolute atomic E-state index is 0.382. The molecule has 0 aliphatic rings. The van der Waals surface area contributed by atoms with Crippen molar-refractivity contribution in [2.75, 3.05) is 0 Å². The Morgan fingerprint density at radius 1 is 1.58 bits per heavy atom. The largest absolute Gasteiger partial charge is 0.464 e. The average Bonchev–Trinajstić information content (AvgIpc) is 2.05. The number of nitrogens with zero attached hydrogens (tertiary/aromatic N) is 1. The van der Waals surface area contributed by atoms with Gasteiger partial charge in [0, 0.05) is 6.20 Å². The maximum atomic E-state index is 10.00. The van der Waals surface area contributed by atoms with E-state index in [1.54, 1.807) is 18.3 Å². The molecule has 64 valence electrons. The van der Waals surface area contributed by atoms with Crippen LogP contribution in [0.2, 0.25) is 0 Å². The summed E-state index contributed by atoms with van der Waals surface area (Å²) in [6, 6.07) is 5.44. The molecule has 1 amide bonds. The number of rotatable bonds is 3. The molecule has 0 aliphatic heterocycles. The summed E-state index contributed by atoms with van der Waals surface area (Å²) in [6.07, 6.45) is 0.545. The molecule has 0 atom stereocenters. The molecule has 0 saturated heterocycles. The van der Waals surface area contributed by atoms with Gasteiger partial charge in [-0.3, -0.25) is 10.4 Å². The molecule has 0 unspecified atom stereocenters. The van der Waals surface area contributed by atoms with Crippen LogP contribution in [0.4, 0.5) is 4.79 Å². The van der Waals surface area contributed by atoms with Gasteiger partial charge in [-0.25, -0.2) is 10.2 Å². The number of pyridine rings is 1. The molecule has 12 heavy (non-hydrogen) atoms. The maximum Gasteiger partial charge on any atom is 0.419 e. The predicted molar refractivity (Wildman–Crippen MR) is 42.2 cm³/mol. The van der Waals surface area contributed by atoms with E-state index in [2.05, 4.69) is 10.4 Å². The number of hydrogen-bond donors (Lipinski definition) is 3. The first-order chi connectivity index (χ1) is 5.79. The smallest absolute Gasteiger partial charge is 0.419 e. The van der Waals surface area contributed by atoms with Gasteiger partial charge in [-0.1, -0.05) is 6.07 Å². The molecule has 5 nitrogen and oxygen atoms in total. The second-order valence-corrected chi connectivity index (χ2v) is 2.10. The molecule has 0 aliphatic carbocycles. The fourth-order valence-electron chi connectivity index (χ4n) is 0.713. The number of aromatic nitrogens is 1. The molecule has 0 fully saturated rings. The van der Waals surface area contributed by atoms with Crippen molar-refractivity contribution in [3.63, 3.8) is 0 Å². The number of carbonyl (C=O) groups is 1. The molecule has 0 saturated carbocycles. The zero-order valence-electron chi connectivity index (χ0n) is 6.32. The number of hydrogen-bond acceptors (Lipinski definition) is 3. The summed E-state index contributed by atoms with van der Waals surface area (Å²) in [7, 11) is 0. The molecule has 1 aromatic heterocycles. The number of nitrogens with one attached hydrogen (secondary N) is 2. The first-order valence-corrected chi connectivity index (χ1v) is 3.41. The third-order valence-corrected chi connectivity index (χ3v) is 1.19. The van der Waals surface area contributed by atoms with E-state index in [1.807, 2.05) is 11.5 Å². The van der Waals surface area contributed by atoms with Crippen LogP contribution in [0.5, 0.6) is 0 Å². The van der Waals surface area contributed by atoms with Gasteiger partial charge in [0.1, 0.15) is 0 Å². The fourth-order valence-corrected chi connectivity index (χ4v) is 0.713. The van der Waals surface area contributed by atoms with Crippen molar-refractivity contribution in [2.24, 2.45) is 0 Å². The molecule has 3 N–H and O–H groups in total. The summed E-state index contributed by atoms with van der Waals surface area (Å²) in [5.41, 5.74) is 5.29. The highest BCUT2D eigenvalue weighted by Gasteiger charge is 1.93. The van der Waals surface area contributed by atoms with Gasteiger partial charge in [-0.2, -0.15) is 0 Å². The van der Waals surface area contributed by atoms with Gasteiger partial charge in [0.15, 0.2) is 0 Å². The van der Waals surface area contributed by atoms with E-state index < -0.39 is 6.09 Å². The predicted octanol–water partition coefficient (Wildman–Crippen LogP) is 0.354. The van der Waals surface area contributed by atoms with Crippen LogP contribution < -0.4 is 10.9 Å². The Hall–Kier alpha value is -1.62. The fraction of sp³-hybridized carbons (Fsp3) is 0.143. The lowest BCUT2D eigenvalue weighted by molar-refractivity contribution is 0.188. The van der Waals surface area contributed by atoms with Gasteiger partial charge in [0.2, 0.25) is 0 Å². The molecule has 0 spiro atoms. The van der Waals surface area contributed by atoms with Gasteiger partial charge in [-0.05, 0) is 12.1 Å². The molecule has 1 aromatic rings. The van der Waals surface area contributed by atoms with Gasteiger partial charge in [0.25, 0.3) is 0 Å². The van der Waals surface area contributed by atoms with Crippen LogP contribution in [0.1, 0.15) is 5.69 Å². The average molecular weight is 167 g/mol. The van der Waals surface area contributed by atoms with Crippen molar-refractivity contribution in [1.82, 2.24) is 15.8 Å². The van der Waals surface area contributed by atoms with Gasteiger partial charge >= 0.3 is 6.09 Å². The second kappa shape index (κ2) is 4.30. The molecule has 0 bridgehead atoms. The summed E-state index contributed by atoms with van der Waals surface area (Å²) in [6.45, 7) is 0.382. The minimum atomic E-state index is -1.11. The normalized spacial score (nSPS) is 9.33. The monoisotopic (exact) mass is 167 g/mol. The standard InChI is InChI=1S/C7H9N3O2/c11-7(12)10-9-5-6-3-1-2-4-8-6/h1-4,9-10H,5H2,(H,11,12). The van der Waals surface area contributed by atoms with E-state index in [-0.39, 0.29) is 0 Å². The Morgan fingerprint density at radius 2 is 2.42 bits per heavy atom. The lowest BCUT2D eigenvalue weighted by Gasteiger charge is -2.01. The Labute approximate surface area is 69.4 Å². The lowest BCUT2D eigenvalue weighted by atomic mass is 10.4. The van der Waals surface area contributed by atoms with Crippen LogP contribution in [-0.2, 0) is 6.54 Å². The number of hydrazine groups is 1. The summed E-state index contributed by atoms with van der Waals surface area (Å²) >= 11 is 0. The summed E-state index contributed by atoms with van der Waals surface area (Å²) in [4.78, 5) is 14.0. The van der Waals surface area contributed by atoms with E-state index in [9.17, 15) is 4.79 Å². The summed E-state index contributed by atoms with van der Waals surface area (Å²) < 4.78 is 0. The Kier molecular flexibility index (Phi) is 3.04. The van der Waals surface area contributed by atoms with Crippen molar-refractivity contribution >= 4 is 6.09 Å². The maximum absolute atomic E-state index is 10.00. The van der Waals surface area contributed by atoms with Crippen LogP contribution in [0.15, 0.2) is 24.4 Å². The number of carboxylic acid groups (broad SMARTS) is 1. The second-order valence-electron chi connectivity index (χ2n) is 2.10. The van der Waals surface area contributed by atoms with Crippen molar-refractivity contribution in [3.8, 4) is 0 Å². The topological polar surface area (TPSA) is 74.2 Å². The van der Waals surface area contributed by atoms with E-state index in [0.717, 1.165) is 5.69 Å². The third-order valence-electron chi connectivity index (χ3n) is 1.19. The van der Waals surface area contributed by atoms with Crippen LogP contribution in [0.3, 0.4) is 0 Å². The molecular formula is C7H9N3O2. The number of amides is 1. The van der Waals surface area contributed by atoms with E-state index in [1.165, 1.54) is 0 Å². The lowest BCUT2D eigenvalue weighted by Crippen LogP contribution is -2.35. The molecular weight excluding hydrogens is 158 g/mol. The summed E-state index contributed by atoms with van der Waals surface area (Å²) in [5.74, 6) is 0. The van der Waals surface area contributed by atoms with Crippen LogP contribution in [-0.4, -0.2) is 16.2 Å². The molecule has 0 aromatic carbocycles. The SMILES string of the molecule is O=C(O)NNCc1ccccn1. The van der Waals surface area contributed by atoms with Crippen molar-refractivity contribution in [3.05, 3.63) is 30.1 Å². The van der Waals surface area contributed by atoms with Crippen molar-refractivity contribution in [1.29, 1.82) is 0 Å². The Balaban J connectivity index is 2.29. The van der Waals surface area contributed by atoms with E-state index in [4.69, 9.17) is 5.11 Å². The van der Waals surface area contributed by atoms with Crippen molar-refractivity contribution in [2.45, 2.75) is 6.54 Å². The van der Waals surface area contributed by atoms with Crippen LogP contribution in [0, 0.1) is 0 Å². The van der Waals surface area contributed by atoms with E-state index >= 15 is 0 Å². The van der Waals surface area contributed by atoms with Crippen molar-refractivity contribution < 1.29 is 9.90 Å². The quantitative estimate of drug-likeness (QED) is 0.568. The molecule has 5 heteroatoms. The highest BCUT2D eigenvalue weighted by Crippen LogP contribution is 1.90. The highest BCUT2D eigenvalue weighted by molar-refractivity contribution is 5.63. The zero-order valence-corrected chi connectivity index (χ0v) is 6.32. The zero-order chi connectivity index (χ0) is 8.81. The first-order valence-electron chi connectivity index (χ1n) is 3.41. The highest BCUT2D eigenvalue weighted by atomic mass is 16.4. The van der Waals surface area contributed by atoms with Gasteiger partial charge in [-0.15, -0.1) is 0 Å². The minimum Gasteiger partial charge on any atom is -0.464 e. The molecule has 1 heterocycles. The molecule has 1 rings (SSSR count). The van der Waals surface area contributed by atoms with E-state index in [0.29, 0.717) is 6.54 Å². The third kappa shape index (κ3) is 2.98. The Bertz CT molecular complexity index is 250. The molecule has 0 radical (unpaired) electrons. The van der Waals surface area contributed by atoms with Gasteiger partial charge in [0.05, 0.1) is 12.2 Å².